The van der Waals surface area contributed by atoms with Gasteiger partial charge in [-0.25, -0.2) is 0 Å². The number of thiophene rings is 1. The first-order valence-electron chi connectivity index (χ1n) is 10.3. The maximum Gasteiger partial charge on any atom is 0.264 e. The van der Waals surface area contributed by atoms with Gasteiger partial charge in [-0.05, 0) is 36.4 Å². The van der Waals surface area contributed by atoms with Crippen LogP contribution in [0, 0.1) is 0 Å². The zero-order chi connectivity index (χ0) is 21.2. The SMILES string of the molecule is O=C(CSc1nnc(-c2ccncc2)n1C1CC1)N1CCN(C(=O)c2cccs2)CC1. The van der Waals surface area contributed by atoms with E-state index in [9.17, 15) is 9.59 Å². The average Bonchev–Trinajstić information content (AvgIpc) is 3.33. The molecule has 10 heteroatoms. The van der Waals surface area contributed by atoms with E-state index in [1.807, 2.05) is 39.4 Å². The van der Waals surface area contributed by atoms with Crippen LogP contribution in [0.5, 0.6) is 0 Å². The molecule has 8 nitrogen and oxygen atoms in total. The molecule has 31 heavy (non-hydrogen) atoms. The standard InChI is InChI=1S/C21H22N6O2S2/c28-18(25-9-11-26(12-10-25)20(29)17-2-1-13-30-17)14-31-21-24-23-19(27(21)16-3-4-16)15-5-7-22-8-6-15/h1-2,5-8,13,16H,3-4,9-12,14H2. The number of hydrogen-bond donors (Lipinski definition) is 0. The summed E-state index contributed by atoms with van der Waals surface area (Å²) in [6.45, 7) is 2.26. The Morgan fingerprint density at radius 2 is 1.77 bits per heavy atom. The molecule has 1 saturated carbocycles. The molecule has 5 rings (SSSR count). The number of piperazine rings is 1. The molecule has 0 bridgehead atoms. The molecule has 0 aromatic carbocycles. The van der Waals surface area contributed by atoms with Crippen molar-refractivity contribution in [3.8, 4) is 11.4 Å². The van der Waals surface area contributed by atoms with Gasteiger partial charge in [0.15, 0.2) is 11.0 Å². The third-order valence-corrected chi connectivity index (χ3v) is 7.28. The summed E-state index contributed by atoms with van der Waals surface area (Å²) < 4.78 is 2.16. The van der Waals surface area contributed by atoms with Gasteiger partial charge < -0.3 is 9.80 Å². The lowest BCUT2D eigenvalue weighted by Gasteiger charge is -2.34. The summed E-state index contributed by atoms with van der Waals surface area (Å²) in [7, 11) is 0. The zero-order valence-corrected chi connectivity index (χ0v) is 18.5. The smallest absolute Gasteiger partial charge is 0.264 e. The molecule has 0 atom stereocenters. The van der Waals surface area contributed by atoms with E-state index in [0.717, 1.165) is 34.3 Å². The molecule has 0 radical (unpaired) electrons. The Bertz CT molecular complexity index is 1060. The lowest BCUT2D eigenvalue weighted by molar-refractivity contribution is -0.129. The molecule has 1 saturated heterocycles. The predicted octanol–water partition coefficient (Wildman–Crippen LogP) is 2.81. The van der Waals surface area contributed by atoms with Crippen LogP contribution in [0.25, 0.3) is 11.4 Å². The zero-order valence-electron chi connectivity index (χ0n) is 16.9. The van der Waals surface area contributed by atoms with Gasteiger partial charge in [0.1, 0.15) is 0 Å². The van der Waals surface area contributed by atoms with Crippen molar-refractivity contribution in [3.63, 3.8) is 0 Å². The van der Waals surface area contributed by atoms with Crippen molar-refractivity contribution in [2.45, 2.75) is 24.0 Å². The van der Waals surface area contributed by atoms with Gasteiger partial charge in [-0.15, -0.1) is 21.5 Å². The Kier molecular flexibility index (Phi) is 5.73. The second-order valence-electron chi connectivity index (χ2n) is 7.58. The quantitative estimate of drug-likeness (QED) is 0.533. The molecule has 0 spiro atoms. The molecule has 3 aromatic heterocycles. The van der Waals surface area contributed by atoms with Crippen molar-refractivity contribution in [3.05, 3.63) is 46.9 Å². The van der Waals surface area contributed by atoms with Crippen LogP contribution in [-0.4, -0.2) is 73.3 Å². The molecule has 0 N–H and O–H groups in total. The van der Waals surface area contributed by atoms with Crippen LogP contribution in [-0.2, 0) is 4.79 Å². The fourth-order valence-corrected chi connectivity index (χ4v) is 5.27. The van der Waals surface area contributed by atoms with Gasteiger partial charge in [0.05, 0.1) is 10.6 Å². The molecule has 1 aliphatic heterocycles. The second-order valence-corrected chi connectivity index (χ2v) is 9.47. The van der Waals surface area contributed by atoms with Crippen LogP contribution in [0.15, 0.2) is 47.2 Å². The molecular weight excluding hydrogens is 432 g/mol. The highest BCUT2D eigenvalue weighted by molar-refractivity contribution is 7.99. The van der Waals surface area contributed by atoms with Gasteiger partial charge in [-0.1, -0.05) is 17.8 Å². The first kappa shape index (κ1) is 20.2. The number of hydrogen-bond acceptors (Lipinski definition) is 7. The minimum Gasteiger partial charge on any atom is -0.338 e. The van der Waals surface area contributed by atoms with Crippen LogP contribution in [0.3, 0.4) is 0 Å². The first-order valence-corrected chi connectivity index (χ1v) is 12.2. The highest BCUT2D eigenvalue weighted by atomic mass is 32.2. The van der Waals surface area contributed by atoms with Gasteiger partial charge >= 0.3 is 0 Å². The van der Waals surface area contributed by atoms with E-state index in [1.165, 1.54) is 23.1 Å². The molecule has 2 aliphatic rings. The Hall–Kier alpha value is -2.72. The molecule has 2 amide bonds. The molecule has 1 aliphatic carbocycles. The van der Waals surface area contributed by atoms with Crippen molar-refractivity contribution in [2.24, 2.45) is 0 Å². The normalized spacial score (nSPS) is 16.5. The Balaban J connectivity index is 1.19. The van der Waals surface area contributed by atoms with Crippen LogP contribution in [0.1, 0.15) is 28.6 Å². The maximum absolute atomic E-state index is 12.8. The van der Waals surface area contributed by atoms with E-state index in [-0.39, 0.29) is 11.8 Å². The highest BCUT2D eigenvalue weighted by Crippen LogP contribution is 2.41. The molecule has 160 valence electrons. The summed E-state index contributed by atoms with van der Waals surface area (Å²) in [4.78, 5) is 33.8. The number of rotatable bonds is 6. The van der Waals surface area contributed by atoms with E-state index >= 15 is 0 Å². The minimum absolute atomic E-state index is 0.0534. The molecule has 2 fully saturated rings. The number of carbonyl (C=O) groups excluding carboxylic acids is 2. The highest BCUT2D eigenvalue weighted by Gasteiger charge is 2.31. The van der Waals surface area contributed by atoms with E-state index < -0.39 is 0 Å². The molecule has 3 aromatic rings. The summed E-state index contributed by atoms with van der Waals surface area (Å²) in [6, 6.07) is 7.99. The summed E-state index contributed by atoms with van der Waals surface area (Å²) in [5.41, 5.74) is 0.985. The average molecular weight is 455 g/mol. The third kappa shape index (κ3) is 4.35. The number of carbonyl (C=O) groups is 2. The lowest BCUT2D eigenvalue weighted by Crippen LogP contribution is -2.51. The predicted molar refractivity (Wildman–Crippen MR) is 119 cm³/mol. The monoisotopic (exact) mass is 454 g/mol. The van der Waals surface area contributed by atoms with Crippen molar-refractivity contribution < 1.29 is 9.59 Å². The van der Waals surface area contributed by atoms with E-state index in [1.54, 1.807) is 12.4 Å². The molecule has 4 heterocycles. The van der Waals surface area contributed by atoms with Crippen molar-refractivity contribution in [1.29, 1.82) is 0 Å². The largest absolute Gasteiger partial charge is 0.338 e. The van der Waals surface area contributed by atoms with Gasteiger partial charge in [-0.3, -0.25) is 19.1 Å². The molecule has 0 unspecified atom stereocenters. The fourth-order valence-electron chi connectivity index (χ4n) is 3.67. The fraction of sp³-hybridized carbons (Fsp3) is 0.381. The minimum atomic E-state index is 0.0534. The van der Waals surface area contributed by atoms with Gasteiger partial charge in [0.25, 0.3) is 5.91 Å². The maximum atomic E-state index is 12.8. The second kappa shape index (κ2) is 8.80. The number of pyridine rings is 1. The summed E-state index contributed by atoms with van der Waals surface area (Å²) >= 11 is 2.89. The molecular formula is C21H22N6O2S2. The van der Waals surface area contributed by atoms with Crippen LogP contribution < -0.4 is 0 Å². The number of nitrogens with zero attached hydrogens (tertiary/aromatic N) is 6. The Morgan fingerprint density at radius 1 is 1.03 bits per heavy atom. The Morgan fingerprint density at radius 3 is 2.45 bits per heavy atom. The van der Waals surface area contributed by atoms with Gasteiger partial charge in [-0.2, -0.15) is 0 Å². The first-order chi connectivity index (χ1) is 15.2. The van der Waals surface area contributed by atoms with Crippen molar-refractivity contribution in [2.75, 3.05) is 31.9 Å². The summed E-state index contributed by atoms with van der Waals surface area (Å²) in [5, 5.41) is 11.4. The number of aromatic nitrogens is 4. The Labute approximate surface area is 188 Å². The van der Waals surface area contributed by atoms with E-state index in [4.69, 9.17) is 0 Å². The van der Waals surface area contributed by atoms with E-state index in [2.05, 4.69) is 19.7 Å². The van der Waals surface area contributed by atoms with Crippen molar-refractivity contribution in [1.82, 2.24) is 29.5 Å². The lowest BCUT2D eigenvalue weighted by atomic mass is 10.2. The van der Waals surface area contributed by atoms with Crippen LogP contribution >= 0.6 is 23.1 Å². The number of thioether (sulfide) groups is 1. The van der Waals surface area contributed by atoms with E-state index in [0.29, 0.717) is 38.0 Å². The van der Waals surface area contributed by atoms with Gasteiger partial charge in [0.2, 0.25) is 5.91 Å². The topological polar surface area (TPSA) is 84.2 Å². The van der Waals surface area contributed by atoms with Crippen molar-refractivity contribution >= 4 is 34.9 Å². The van der Waals surface area contributed by atoms with Crippen LogP contribution in [0.4, 0.5) is 0 Å². The number of amides is 2. The summed E-state index contributed by atoms with van der Waals surface area (Å²) in [5.74, 6) is 1.28. The summed E-state index contributed by atoms with van der Waals surface area (Å²) in [6.07, 6.45) is 5.72. The third-order valence-electron chi connectivity index (χ3n) is 5.49. The van der Waals surface area contributed by atoms with Gasteiger partial charge in [0, 0.05) is 50.2 Å². The van der Waals surface area contributed by atoms with Crippen LogP contribution in [0.2, 0.25) is 0 Å².